The van der Waals surface area contributed by atoms with Gasteiger partial charge in [0.15, 0.2) is 5.96 Å². The van der Waals surface area contributed by atoms with E-state index in [-0.39, 0.29) is 24.0 Å². The largest absolute Gasteiger partial charge is 0.497 e. The molecule has 0 aliphatic heterocycles. The summed E-state index contributed by atoms with van der Waals surface area (Å²) in [6, 6.07) is 14.8. The Morgan fingerprint density at radius 1 is 0.967 bits per heavy atom. The molecule has 0 aliphatic rings. The van der Waals surface area contributed by atoms with E-state index in [1.54, 1.807) is 21.3 Å². The number of nitrogens with zero attached hydrogens (tertiary/aromatic N) is 2. The van der Waals surface area contributed by atoms with Crippen LogP contribution in [0.3, 0.4) is 0 Å². The van der Waals surface area contributed by atoms with Gasteiger partial charge in [-0.1, -0.05) is 24.3 Å². The number of halogens is 1. The Bertz CT molecular complexity index is 812. The van der Waals surface area contributed by atoms with Crippen LogP contribution in [0.2, 0.25) is 0 Å². The Kier molecular flexibility index (Phi) is 11.6. The van der Waals surface area contributed by atoms with E-state index in [0.717, 1.165) is 29.6 Å². The molecule has 6 nitrogen and oxygen atoms in total. The monoisotopic (exact) mass is 526 g/mol. The smallest absolute Gasteiger partial charge is 0.191 e. The maximum Gasteiger partial charge on any atom is 0.191 e. The summed E-state index contributed by atoms with van der Waals surface area (Å²) in [5.41, 5.74) is 3.63. The predicted octanol–water partition coefficient (Wildman–Crippen LogP) is 4.03. The molecule has 0 amide bonds. The molecule has 2 N–H and O–H groups in total. The summed E-state index contributed by atoms with van der Waals surface area (Å²) in [5.74, 6) is 2.31. The number of guanidine groups is 1. The van der Waals surface area contributed by atoms with E-state index in [4.69, 9.17) is 9.47 Å². The average molecular weight is 526 g/mol. The van der Waals surface area contributed by atoms with E-state index in [2.05, 4.69) is 65.7 Å². The van der Waals surface area contributed by atoms with Crippen LogP contribution in [0, 0.1) is 0 Å². The number of rotatable bonds is 9. The Morgan fingerprint density at radius 2 is 1.60 bits per heavy atom. The SMILES string of the molecule is CN=C(NCc1ccccc1CN(C)C(C)C)NCc1ccc(OC)cc1OC.I. The Morgan fingerprint density at radius 3 is 2.17 bits per heavy atom. The van der Waals surface area contributed by atoms with Crippen molar-refractivity contribution in [2.75, 3.05) is 28.3 Å². The van der Waals surface area contributed by atoms with Gasteiger partial charge in [-0.3, -0.25) is 9.89 Å². The second-order valence-corrected chi connectivity index (χ2v) is 7.23. The van der Waals surface area contributed by atoms with Crippen molar-refractivity contribution >= 4 is 29.9 Å². The van der Waals surface area contributed by atoms with Gasteiger partial charge in [-0.15, -0.1) is 24.0 Å². The van der Waals surface area contributed by atoms with Gasteiger partial charge in [0.25, 0.3) is 0 Å². The molecule has 0 spiro atoms. The number of hydrogen-bond acceptors (Lipinski definition) is 4. The third-order valence-corrected chi connectivity index (χ3v) is 5.03. The van der Waals surface area contributed by atoms with Crippen LogP contribution in [0.15, 0.2) is 47.5 Å². The highest BCUT2D eigenvalue weighted by Gasteiger charge is 2.09. The van der Waals surface area contributed by atoms with Crippen molar-refractivity contribution in [1.29, 1.82) is 0 Å². The summed E-state index contributed by atoms with van der Waals surface area (Å²) in [6.07, 6.45) is 0. The number of benzene rings is 2. The van der Waals surface area contributed by atoms with Crippen molar-refractivity contribution in [3.63, 3.8) is 0 Å². The molecule has 2 aromatic rings. The number of ether oxygens (including phenoxy) is 2. The van der Waals surface area contributed by atoms with Crippen LogP contribution in [-0.2, 0) is 19.6 Å². The summed E-state index contributed by atoms with van der Waals surface area (Å²) < 4.78 is 10.7. The van der Waals surface area contributed by atoms with Crippen molar-refractivity contribution in [1.82, 2.24) is 15.5 Å². The van der Waals surface area contributed by atoms with E-state index >= 15 is 0 Å². The fourth-order valence-electron chi connectivity index (χ4n) is 2.91. The van der Waals surface area contributed by atoms with Gasteiger partial charge >= 0.3 is 0 Å². The van der Waals surface area contributed by atoms with Crippen molar-refractivity contribution in [3.8, 4) is 11.5 Å². The Labute approximate surface area is 198 Å². The second-order valence-electron chi connectivity index (χ2n) is 7.23. The molecule has 2 aromatic carbocycles. The molecule has 30 heavy (non-hydrogen) atoms. The Balaban J connectivity index is 0.00000450. The van der Waals surface area contributed by atoms with Crippen LogP contribution in [0.5, 0.6) is 11.5 Å². The molecule has 0 aliphatic carbocycles. The van der Waals surface area contributed by atoms with Crippen LogP contribution in [0.4, 0.5) is 0 Å². The van der Waals surface area contributed by atoms with Crippen molar-refractivity contribution < 1.29 is 9.47 Å². The highest BCUT2D eigenvalue weighted by atomic mass is 127. The zero-order valence-corrected chi connectivity index (χ0v) is 21.2. The molecule has 166 valence electrons. The van der Waals surface area contributed by atoms with Crippen LogP contribution >= 0.6 is 24.0 Å². The summed E-state index contributed by atoms with van der Waals surface area (Å²) in [6.45, 7) is 6.65. The quantitative estimate of drug-likeness (QED) is 0.294. The normalized spacial score (nSPS) is 11.3. The van der Waals surface area contributed by atoms with Gasteiger partial charge in [0.1, 0.15) is 11.5 Å². The fraction of sp³-hybridized carbons (Fsp3) is 0.435. The third-order valence-electron chi connectivity index (χ3n) is 5.03. The third kappa shape index (κ3) is 7.68. The minimum atomic E-state index is 0. The summed E-state index contributed by atoms with van der Waals surface area (Å²) in [5, 5.41) is 6.77. The first-order valence-electron chi connectivity index (χ1n) is 9.91. The molecule has 0 heterocycles. The first kappa shape index (κ1) is 26.0. The van der Waals surface area contributed by atoms with Gasteiger partial charge in [0.2, 0.25) is 0 Å². The van der Waals surface area contributed by atoms with Gasteiger partial charge in [0, 0.05) is 44.4 Å². The molecule has 0 radical (unpaired) electrons. The molecule has 0 saturated heterocycles. The molecular weight excluding hydrogens is 491 g/mol. The maximum absolute atomic E-state index is 5.47. The number of nitrogens with one attached hydrogen (secondary N) is 2. The van der Waals surface area contributed by atoms with Crippen molar-refractivity contribution in [2.45, 2.75) is 39.5 Å². The number of hydrogen-bond donors (Lipinski definition) is 2. The van der Waals surface area contributed by atoms with Crippen LogP contribution in [0.25, 0.3) is 0 Å². The van der Waals surface area contributed by atoms with E-state index in [0.29, 0.717) is 19.1 Å². The second kappa shape index (κ2) is 13.3. The standard InChI is InChI=1S/C23H34N4O2.HI/c1-17(2)27(4)16-20-10-8-7-9-18(20)14-25-23(24-3)26-15-19-11-12-21(28-5)13-22(19)29-6;/h7-13,17H,14-16H2,1-6H3,(H2,24,25,26);1H. The lowest BCUT2D eigenvalue weighted by atomic mass is 10.1. The fourth-order valence-corrected chi connectivity index (χ4v) is 2.91. The average Bonchev–Trinajstić information content (AvgIpc) is 2.74. The van der Waals surface area contributed by atoms with Gasteiger partial charge in [0.05, 0.1) is 14.2 Å². The van der Waals surface area contributed by atoms with Gasteiger partial charge in [-0.05, 0) is 44.2 Å². The van der Waals surface area contributed by atoms with Crippen molar-refractivity contribution in [2.24, 2.45) is 4.99 Å². The number of methoxy groups -OCH3 is 2. The molecule has 0 fully saturated rings. The molecule has 0 bridgehead atoms. The molecule has 0 unspecified atom stereocenters. The lowest BCUT2D eigenvalue weighted by Crippen LogP contribution is -2.36. The van der Waals surface area contributed by atoms with Crippen LogP contribution in [-0.4, -0.2) is 45.2 Å². The molecule has 7 heteroatoms. The summed E-state index contributed by atoms with van der Waals surface area (Å²) >= 11 is 0. The van der Waals surface area contributed by atoms with Crippen molar-refractivity contribution in [3.05, 3.63) is 59.2 Å². The first-order valence-corrected chi connectivity index (χ1v) is 9.91. The Hall–Kier alpha value is -2.00. The lowest BCUT2D eigenvalue weighted by Gasteiger charge is -2.23. The summed E-state index contributed by atoms with van der Waals surface area (Å²) in [4.78, 5) is 6.68. The molecule has 2 rings (SSSR count). The van der Waals surface area contributed by atoms with E-state index in [1.165, 1.54) is 11.1 Å². The van der Waals surface area contributed by atoms with Crippen LogP contribution < -0.4 is 20.1 Å². The van der Waals surface area contributed by atoms with Crippen LogP contribution in [0.1, 0.15) is 30.5 Å². The van der Waals surface area contributed by atoms with E-state index < -0.39 is 0 Å². The summed E-state index contributed by atoms with van der Waals surface area (Å²) in [7, 11) is 7.24. The zero-order valence-electron chi connectivity index (χ0n) is 18.9. The van der Waals surface area contributed by atoms with Gasteiger partial charge < -0.3 is 20.1 Å². The van der Waals surface area contributed by atoms with Gasteiger partial charge in [-0.2, -0.15) is 0 Å². The highest BCUT2D eigenvalue weighted by molar-refractivity contribution is 14.0. The number of aliphatic imine (C=N–C) groups is 1. The lowest BCUT2D eigenvalue weighted by molar-refractivity contribution is 0.265. The predicted molar refractivity (Wildman–Crippen MR) is 135 cm³/mol. The minimum Gasteiger partial charge on any atom is -0.497 e. The maximum atomic E-state index is 5.47. The molecular formula is C23H35IN4O2. The zero-order chi connectivity index (χ0) is 21.2. The molecule has 0 saturated carbocycles. The minimum absolute atomic E-state index is 0. The van der Waals surface area contributed by atoms with E-state index in [1.807, 2.05) is 18.2 Å². The van der Waals surface area contributed by atoms with Gasteiger partial charge in [-0.25, -0.2) is 0 Å². The topological polar surface area (TPSA) is 58.1 Å². The first-order chi connectivity index (χ1) is 14.0. The highest BCUT2D eigenvalue weighted by Crippen LogP contribution is 2.24. The molecule has 0 aromatic heterocycles. The van der Waals surface area contributed by atoms with E-state index in [9.17, 15) is 0 Å². The molecule has 0 atom stereocenters.